The van der Waals surface area contributed by atoms with Crippen LogP contribution in [0.15, 0.2) is 59.5 Å². The second kappa shape index (κ2) is 14.3. The molecule has 2 fully saturated rings. The van der Waals surface area contributed by atoms with Gasteiger partial charge in [-0.1, -0.05) is 18.7 Å². The number of anilines is 6. The quantitative estimate of drug-likeness (QED) is 0.164. The van der Waals surface area contributed by atoms with Gasteiger partial charge in [-0.2, -0.15) is 4.98 Å². The molecule has 0 bridgehead atoms. The number of hydrogen-bond donors (Lipinski definition) is 4. The number of methoxy groups -OCH3 is 1. The summed E-state index contributed by atoms with van der Waals surface area (Å²) >= 11 is 3.50. The number of para-hydroxylation sites is 1. The number of hydrogen-bond acceptors (Lipinski definition) is 10. The summed E-state index contributed by atoms with van der Waals surface area (Å²) in [6.45, 7) is 12.2. The summed E-state index contributed by atoms with van der Waals surface area (Å²) in [6, 6.07) is 11.4. The molecule has 240 valence electrons. The minimum atomic E-state index is -2.57. The number of aromatic nitrogens is 2. The first-order valence-electron chi connectivity index (χ1n) is 14.8. The van der Waals surface area contributed by atoms with Gasteiger partial charge in [-0.05, 0) is 60.3 Å². The molecule has 3 aromatic rings. The Bertz CT molecular complexity index is 1610. The molecule has 0 radical (unpaired) electrons. The van der Waals surface area contributed by atoms with Crippen LogP contribution in [-0.4, -0.2) is 86.5 Å². The minimum absolute atomic E-state index is 0.240. The molecule has 2 aliphatic rings. The van der Waals surface area contributed by atoms with E-state index in [9.17, 15) is 13.8 Å². The summed E-state index contributed by atoms with van der Waals surface area (Å²) < 4.78 is 33.1. The molecule has 0 spiro atoms. The number of benzene rings is 2. The lowest BCUT2D eigenvalue weighted by Gasteiger charge is -2.41. The van der Waals surface area contributed by atoms with Crippen molar-refractivity contribution >= 4 is 68.8 Å². The van der Waals surface area contributed by atoms with Crippen molar-refractivity contribution in [3.05, 3.63) is 59.5 Å². The first-order valence-corrected chi connectivity index (χ1v) is 18.2. The van der Waals surface area contributed by atoms with E-state index in [4.69, 9.17) is 4.74 Å². The molecule has 2 aromatic carbocycles. The third-order valence-corrected chi connectivity index (χ3v) is 10.1. The Balaban J connectivity index is 1.42. The molecule has 0 atom stereocenters. The molecular weight excluding hydrogens is 662 g/mol. The van der Waals surface area contributed by atoms with Gasteiger partial charge in [-0.3, -0.25) is 9.69 Å². The minimum Gasteiger partial charge on any atom is -0.494 e. The molecule has 11 nitrogen and oxygen atoms in total. The third kappa shape index (κ3) is 8.02. The van der Waals surface area contributed by atoms with Crippen LogP contribution in [0.25, 0.3) is 0 Å². The molecule has 2 aliphatic heterocycles. The SMILES string of the molecule is C=C(F)C(=O)Nc1cc(Nc2ncc(Br)c(Nc3ccccc3P(C)(C)=O)n2)c(OC)cc1N1CCC(N2CCNCC2)CC1. The van der Waals surface area contributed by atoms with Gasteiger partial charge >= 0.3 is 0 Å². The monoisotopic (exact) mass is 700 g/mol. The van der Waals surface area contributed by atoms with Crippen LogP contribution in [0, 0.1) is 0 Å². The standard InChI is InChI=1S/C31H39BrFN8O3P/c1-20(33)30(42)37-24-17-25(27(44-2)18-26(24)41-13-9-21(10-14-41)40-15-11-34-12-16-40)38-31-35-19-22(32)29(39-31)36-23-7-5-6-8-28(23)45(3,4)43/h5-8,17-19,21,34H,1,9-16H2,2-4H3,(H,37,42)(H2,35,36,38,39). The zero-order valence-corrected chi connectivity index (χ0v) is 28.2. The van der Waals surface area contributed by atoms with Crippen molar-refractivity contribution in [2.24, 2.45) is 0 Å². The molecule has 0 aliphatic carbocycles. The Labute approximate surface area is 271 Å². The van der Waals surface area contributed by atoms with E-state index in [1.165, 1.54) is 0 Å². The maximum absolute atomic E-state index is 13.8. The number of ether oxygens (including phenoxy) is 1. The van der Waals surface area contributed by atoms with Crippen molar-refractivity contribution in [1.82, 2.24) is 20.2 Å². The van der Waals surface area contributed by atoms with Crippen LogP contribution in [-0.2, 0) is 9.36 Å². The van der Waals surface area contributed by atoms with Gasteiger partial charge in [0.1, 0.15) is 18.7 Å². The average Bonchev–Trinajstić information content (AvgIpc) is 3.03. The van der Waals surface area contributed by atoms with E-state index in [1.807, 2.05) is 30.3 Å². The summed E-state index contributed by atoms with van der Waals surface area (Å²) in [6.07, 6.45) is 3.54. The van der Waals surface area contributed by atoms with Gasteiger partial charge in [0.15, 0.2) is 5.83 Å². The Morgan fingerprint density at radius 1 is 1.09 bits per heavy atom. The maximum atomic E-state index is 13.8. The largest absolute Gasteiger partial charge is 0.494 e. The molecule has 4 N–H and O–H groups in total. The van der Waals surface area contributed by atoms with Crippen molar-refractivity contribution in [2.45, 2.75) is 18.9 Å². The van der Waals surface area contributed by atoms with Gasteiger partial charge in [-0.15, -0.1) is 0 Å². The zero-order chi connectivity index (χ0) is 32.1. The van der Waals surface area contributed by atoms with Gasteiger partial charge in [-0.25, -0.2) is 9.37 Å². The fourth-order valence-corrected chi connectivity index (χ4v) is 7.16. The van der Waals surface area contributed by atoms with Crippen LogP contribution >= 0.6 is 23.1 Å². The Hall–Kier alpha value is -3.51. The third-order valence-electron chi connectivity index (χ3n) is 8.01. The molecule has 0 unspecified atom stereocenters. The molecule has 0 saturated carbocycles. The number of amides is 1. The fourth-order valence-electron chi connectivity index (χ4n) is 5.72. The number of carbonyl (C=O) groups excluding carboxylic acids is 1. The molecule has 2 saturated heterocycles. The topological polar surface area (TPSA) is 124 Å². The highest BCUT2D eigenvalue weighted by Gasteiger charge is 2.28. The van der Waals surface area contributed by atoms with Crippen molar-refractivity contribution in [1.29, 1.82) is 0 Å². The fraction of sp³-hybridized carbons (Fsp3) is 0.387. The summed E-state index contributed by atoms with van der Waals surface area (Å²) in [7, 11) is -1.01. The summed E-state index contributed by atoms with van der Waals surface area (Å²) in [4.78, 5) is 26.2. The van der Waals surface area contributed by atoms with E-state index in [0.717, 1.165) is 57.8 Å². The van der Waals surface area contributed by atoms with Crippen LogP contribution < -0.4 is 36.2 Å². The number of nitrogens with one attached hydrogen (secondary N) is 4. The smallest absolute Gasteiger partial charge is 0.283 e. The predicted molar refractivity (Wildman–Crippen MR) is 183 cm³/mol. The molecule has 1 aromatic heterocycles. The summed E-state index contributed by atoms with van der Waals surface area (Å²) in [5.41, 5.74) is 2.28. The number of halogens is 2. The number of carbonyl (C=O) groups is 1. The highest BCUT2D eigenvalue weighted by atomic mass is 79.9. The Kier molecular flexibility index (Phi) is 10.4. The Morgan fingerprint density at radius 3 is 2.47 bits per heavy atom. The van der Waals surface area contributed by atoms with Crippen molar-refractivity contribution in [3.63, 3.8) is 0 Å². The molecule has 5 rings (SSSR count). The maximum Gasteiger partial charge on any atom is 0.283 e. The van der Waals surface area contributed by atoms with E-state index in [0.29, 0.717) is 44.4 Å². The van der Waals surface area contributed by atoms with Gasteiger partial charge in [0.2, 0.25) is 5.95 Å². The molecule has 14 heteroatoms. The molecular formula is C31H39BrFN8O3P. The van der Waals surface area contributed by atoms with Crippen LogP contribution in [0.3, 0.4) is 0 Å². The van der Waals surface area contributed by atoms with Crippen LogP contribution in [0.4, 0.5) is 38.9 Å². The van der Waals surface area contributed by atoms with E-state index in [2.05, 4.69) is 63.5 Å². The number of rotatable bonds is 10. The van der Waals surface area contributed by atoms with Crippen LogP contribution in [0.5, 0.6) is 5.75 Å². The average molecular weight is 702 g/mol. The molecule has 45 heavy (non-hydrogen) atoms. The number of piperazine rings is 1. The van der Waals surface area contributed by atoms with Crippen molar-refractivity contribution < 1.29 is 18.5 Å². The van der Waals surface area contributed by atoms with E-state index >= 15 is 0 Å². The second-order valence-electron chi connectivity index (χ2n) is 11.4. The number of piperidine rings is 1. The second-order valence-corrected chi connectivity index (χ2v) is 15.5. The van der Waals surface area contributed by atoms with Gasteiger partial charge < -0.3 is 35.5 Å². The van der Waals surface area contributed by atoms with Gasteiger partial charge in [0.05, 0.1) is 34.3 Å². The highest BCUT2D eigenvalue weighted by Crippen LogP contribution is 2.41. The predicted octanol–water partition coefficient (Wildman–Crippen LogP) is 5.28. The highest BCUT2D eigenvalue weighted by molar-refractivity contribution is 9.10. The normalized spacial score (nSPS) is 16.2. The van der Waals surface area contributed by atoms with E-state index in [1.54, 1.807) is 32.7 Å². The van der Waals surface area contributed by atoms with E-state index in [-0.39, 0.29) is 5.95 Å². The lowest BCUT2D eigenvalue weighted by molar-refractivity contribution is -0.114. The first kappa shape index (κ1) is 32.9. The van der Waals surface area contributed by atoms with Gasteiger partial charge in [0.25, 0.3) is 5.91 Å². The summed E-state index contributed by atoms with van der Waals surface area (Å²) in [5, 5.41) is 13.2. The van der Waals surface area contributed by atoms with Crippen LogP contribution in [0.1, 0.15) is 12.8 Å². The number of nitrogens with zero attached hydrogens (tertiary/aromatic N) is 4. The lowest BCUT2D eigenvalue weighted by atomic mass is 10.0. The van der Waals surface area contributed by atoms with Crippen LogP contribution in [0.2, 0.25) is 0 Å². The zero-order valence-electron chi connectivity index (χ0n) is 25.7. The molecule has 3 heterocycles. The van der Waals surface area contributed by atoms with Crippen molar-refractivity contribution in [2.75, 3.05) is 80.6 Å². The Morgan fingerprint density at radius 2 is 1.80 bits per heavy atom. The van der Waals surface area contributed by atoms with Gasteiger partial charge in [0, 0.05) is 62.9 Å². The first-order chi connectivity index (χ1) is 21.5. The van der Waals surface area contributed by atoms with Crippen molar-refractivity contribution in [3.8, 4) is 5.75 Å². The lowest BCUT2D eigenvalue weighted by Crippen LogP contribution is -2.52. The summed E-state index contributed by atoms with van der Waals surface area (Å²) in [5.74, 6) is -0.810. The molecule has 1 amide bonds. The van der Waals surface area contributed by atoms with E-state index < -0.39 is 18.9 Å².